The SMILES string of the molecule is [B]OC(CCCC)(SCCCCC)SCCCCC. The van der Waals surface area contributed by atoms with Crippen LogP contribution in [0.3, 0.4) is 0 Å². The van der Waals surface area contributed by atoms with Gasteiger partial charge in [0, 0.05) is 0 Å². The molecule has 112 valence electrons. The van der Waals surface area contributed by atoms with Crippen LogP contribution in [0.5, 0.6) is 0 Å². The zero-order valence-corrected chi connectivity index (χ0v) is 14.7. The molecule has 0 aliphatic carbocycles. The fourth-order valence-corrected chi connectivity index (χ4v) is 4.73. The summed E-state index contributed by atoms with van der Waals surface area (Å²) in [7, 11) is 5.64. The average molecular weight is 302 g/mol. The van der Waals surface area contributed by atoms with Crippen LogP contribution < -0.4 is 0 Å². The predicted molar refractivity (Wildman–Crippen MR) is 93.1 cm³/mol. The average Bonchev–Trinajstić information content (AvgIpc) is 2.45. The first kappa shape index (κ1) is 19.7. The Morgan fingerprint density at radius 3 is 1.63 bits per heavy atom. The summed E-state index contributed by atoms with van der Waals surface area (Å²) in [5.41, 5.74) is 0. The second kappa shape index (κ2) is 13.7. The van der Waals surface area contributed by atoms with E-state index in [-0.39, 0.29) is 4.27 Å². The summed E-state index contributed by atoms with van der Waals surface area (Å²) in [4.78, 5) is 0. The summed E-state index contributed by atoms with van der Waals surface area (Å²) in [5.74, 6) is 2.32. The maximum atomic E-state index is 5.64. The van der Waals surface area contributed by atoms with Crippen LogP contribution in [0.15, 0.2) is 0 Å². The lowest BCUT2D eigenvalue weighted by atomic mass is 10.2. The fraction of sp³-hybridized carbons (Fsp3) is 1.00. The molecule has 0 spiro atoms. The standard InChI is InChI=1S/C15H31BOS2/c1-4-7-10-13-18-15(17-16,12-9-6-3)19-14-11-8-5-2/h4-14H2,1-3H3. The van der Waals surface area contributed by atoms with Crippen molar-refractivity contribution in [1.29, 1.82) is 0 Å². The Labute approximate surface area is 130 Å². The van der Waals surface area contributed by atoms with E-state index >= 15 is 0 Å². The minimum absolute atomic E-state index is 0.197. The van der Waals surface area contributed by atoms with Gasteiger partial charge in [-0.2, -0.15) is 0 Å². The normalized spacial score (nSPS) is 11.9. The lowest BCUT2D eigenvalue weighted by Crippen LogP contribution is -2.25. The smallest absolute Gasteiger partial charge is 0.285 e. The van der Waals surface area contributed by atoms with Crippen LogP contribution in [-0.2, 0) is 4.65 Å². The van der Waals surface area contributed by atoms with E-state index < -0.39 is 0 Å². The van der Waals surface area contributed by atoms with Gasteiger partial charge < -0.3 is 4.65 Å². The largest absolute Gasteiger partial charge is 0.427 e. The summed E-state index contributed by atoms with van der Waals surface area (Å²) >= 11 is 3.85. The molecule has 0 amide bonds. The minimum atomic E-state index is -0.197. The van der Waals surface area contributed by atoms with Gasteiger partial charge in [-0.05, 0) is 37.2 Å². The van der Waals surface area contributed by atoms with E-state index in [1.165, 1.54) is 51.4 Å². The Bertz CT molecular complexity index is 179. The van der Waals surface area contributed by atoms with Crippen LogP contribution in [0.4, 0.5) is 0 Å². The number of hydrogen-bond donors (Lipinski definition) is 0. The van der Waals surface area contributed by atoms with Crippen molar-refractivity contribution in [2.75, 3.05) is 11.5 Å². The molecule has 0 unspecified atom stereocenters. The molecule has 19 heavy (non-hydrogen) atoms. The van der Waals surface area contributed by atoms with Crippen molar-refractivity contribution in [2.45, 2.75) is 82.8 Å². The van der Waals surface area contributed by atoms with E-state index in [4.69, 9.17) is 12.7 Å². The molecule has 0 bridgehead atoms. The van der Waals surface area contributed by atoms with Crippen LogP contribution >= 0.6 is 23.5 Å². The number of rotatable bonds is 14. The second-order valence-corrected chi connectivity index (χ2v) is 7.99. The number of hydrogen-bond acceptors (Lipinski definition) is 3. The van der Waals surface area contributed by atoms with E-state index in [9.17, 15) is 0 Å². The highest BCUT2D eigenvalue weighted by molar-refractivity contribution is 8.18. The molecule has 2 radical (unpaired) electrons. The molecule has 4 heteroatoms. The Morgan fingerprint density at radius 2 is 1.26 bits per heavy atom. The van der Waals surface area contributed by atoms with E-state index in [2.05, 4.69) is 20.8 Å². The Balaban J connectivity index is 4.15. The van der Waals surface area contributed by atoms with Gasteiger partial charge in [-0.25, -0.2) is 0 Å². The maximum absolute atomic E-state index is 5.64. The highest BCUT2D eigenvalue weighted by Crippen LogP contribution is 2.43. The molecule has 0 rings (SSSR count). The Morgan fingerprint density at radius 1 is 0.789 bits per heavy atom. The van der Waals surface area contributed by atoms with Gasteiger partial charge in [0.05, 0.1) is 0 Å². The summed E-state index contributed by atoms with van der Waals surface area (Å²) in [6, 6.07) is 0. The van der Waals surface area contributed by atoms with Gasteiger partial charge in [0.25, 0.3) is 8.05 Å². The molecule has 1 nitrogen and oxygen atoms in total. The molecule has 0 N–H and O–H groups in total. The van der Waals surface area contributed by atoms with Crippen molar-refractivity contribution in [3.8, 4) is 0 Å². The van der Waals surface area contributed by atoms with Crippen molar-refractivity contribution in [3.63, 3.8) is 0 Å². The third-order valence-corrected chi connectivity index (χ3v) is 6.33. The monoisotopic (exact) mass is 302 g/mol. The molecular weight excluding hydrogens is 271 g/mol. The van der Waals surface area contributed by atoms with Gasteiger partial charge in [-0.3, -0.25) is 0 Å². The minimum Gasteiger partial charge on any atom is -0.427 e. The quantitative estimate of drug-likeness (QED) is 0.229. The fourth-order valence-electron chi connectivity index (χ4n) is 1.87. The summed E-state index contributed by atoms with van der Waals surface area (Å²) < 4.78 is 5.23. The molecule has 0 aromatic rings. The maximum Gasteiger partial charge on any atom is 0.285 e. The topological polar surface area (TPSA) is 9.23 Å². The first-order chi connectivity index (χ1) is 9.24. The lowest BCUT2D eigenvalue weighted by molar-refractivity contribution is 0.265. The van der Waals surface area contributed by atoms with E-state index in [0.717, 1.165) is 17.9 Å². The van der Waals surface area contributed by atoms with Crippen molar-refractivity contribution >= 4 is 31.6 Å². The molecule has 0 aromatic carbocycles. The Kier molecular flexibility index (Phi) is 14.2. The van der Waals surface area contributed by atoms with Crippen molar-refractivity contribution in [1.82, 2.24) is 0 Å². The molecule has 0 atom stereocenters. The zero-order valence-electron chi connectivity index (χ0n) is 13.1. The zero-order chi connectivity index (χ0) is 14.4. The third-order valence-electron chi connectivity index (χ3n) is 3.16. The van der Waals surface area contributed by atoms with Crippen LogP contribution in [0.25, 0.3) is 0 Å². The van der Waals surface area contributed by atoms with E-state index in [1.807, 2.05) is 23.5 Å². The van der Waals surface area contributed by atoms with Crippen molar-refractivity contribution < 1.29 is 4.65 Å². The summed E-state index contributed by atoms with van der Waals surface area (Å²) in [6.45, 7) is 6.71. The second-order valence-electron chi connectivity index (χ2n) is 5.02. The van der Waals surface area contributed by atoms with Gasteiger partial charge in [-0.15, -0.1) is 23.5 Å². The van der Waals surface area contributed by atoms with Gasteiger partial charge in [0.2, 0.25) is 0 Å². The van der Waals surface area contributed by atoms with Crippen LogP contribution in [0.1, 0.15) is 78.6 Å². The van der Waals surface area contributed by atoms with Crippen LogP contribution in [0, 0.1) is 0 Å². The molecule has 0 heterocycles. The van der Waals surface area contributed by atoms with E-state index in [0.29, 0.717) is 0 Å². The molecule has 0 saturated heterocycles. The molecule has 0 fully saturated rings. The summed E-state index contributed by atoms with van der Waals surface area (Å²) in [6.07, 6.45) is 11.2. The number of unbranched alkanes of at least 4 members (excludes halogenated alkanes) is 5. The van der Waals surface area contributed by atoms with Crippen LogP contribution in [-0.4, -0.2) is 23.8 Å². The molecule has 0 aliphatic heterocycles. The molecule has 0 aromatic heterocycles. The molecule has 0 saturated carbocycles. The lowest BCUT2D eigenvalue weighted by Gasteiger charge is -2.32. The first-order valence-corrected chi connectivity index (χ1v) is 9.87. The van der Waals surface area contributed by atoms with Gasteiger partial charge in [0.1, 0.15) is 4.27 Å². The Hall–Kier alpha value is 0.725. The summed E-state index contributed by atoms with van der Waals surface area (Å²) in [5, 5.41) is 0. The van der Waals surface area contributed by atoms with Gasteiger partial charge >= 0.3 is 0 Å². The highest BCUT2D eigenvalue weighted by atomic mass is 32.2. The predicted octanol–water partition coefficient (Wildman–Crippen LogP) is 5.78. The number of thioether (sulfide) groups is 2. The van der Waals surface area contributed by atoms with Gasteiger partial charge in [-0.1, -0.05) is 52.9 Å². The van der Waals surface area contributed by atoms with Crippen molar-refractivity contribution in [2.24, 2.45) is 0 Å². The van der Waals surface area contributed by atoms with Crippen molar-refractivity contribution in [3.05, 3.63) is 0 Å². The van der Waals surface area contributed by atoms with Gasteiger partial charge in [0.15, 0.2) is 0 Å². The van der Waals surface area contributed by atoms with Crippen LogP contribution in [0.2, 0.25) is 0 Å². The third kappa shape index (κ3) is 10.1. The molecular formula is C15H31BOS2. The first-order valence-electron chi connectivity index (χ1n) is 7.90. The highest BCUT2D eigenvalue weighted by Gasteiger charge is 2.29. The van der Waals surface area contributed by atoms with E-state index in [1.54, 1.807) is 0 Å². The molecule has 0 aliphatic rings.